The quantitative estimate of drug-likeness (QED) is 0.493. The fraction of sp³-hybridized carbons (Fsp3) is 0.136. The second-order valence-corrected chi connectivity index (χ2v) is 7.67. The molecule has 7 nitrogen and oxygen atoms in total. The van der Waals surface area contributed by atoms with E-state index < -0.39 is 0 Å². The van der Waals surface area contributed by atoms with Gasteiger partial charge in [0.25, 0.3) is 11.8 Å². The molecule has 2 amide bonds. The van der Waals surface area contributed by atoms with Crippen LogP contribution in [0.15, 0.2) is 60.1 Å². The number of ether oxygens (including phenoxy) is 1. The number of benzene rings is 2. The summed E-state index contributed by atoms with van der Waals surface area (Å²) in [5.41, 5.74) is 3.14. The van der Waals surface area contributed by atoms with Crippen molar-refractivity contribution in [2.45, 2.75) is 0 Å². The van der Waals surface area contributed by atoms with Gasteiger partial charge in [0.1, 0.15) is 5.75 Å². The fourth-order valence-electron chi connectivity index (χ4n) is 2.95. The number of aromatic amines is 1. The van der Waals surface area contributed by atoms with Crippen LogP contribution in [0, 0.1) is 0 Å². The molecule has 0 saturated carbocycles. The summed E-state index contributed by atoms with van der Waals surface area (Å²) in [6.45, 7) is -0.140. The molecule has 0 radical (unpaired) electrons. The summed E-state index contributed by atoms with van der Waals surface area (Å²) in [7, 11) is 3.30. The highest BCUT2D eigenvalue weighted by atomic mass is 32.1. The highest BCUT2D eigenvalue weighted by Crippen LogP contribution is 2.31. The first-order chi connectivity index (χ1) is 14.5. The molecule has 2 heterocycles. The van der Waals surface area contributed by atoms with Gasteiger partial charge in [-0.15, -0.1) is 11.3 Å². The SMILES string of the molecule is CN(C)C(=O)COc1ccccc1C(=O)Nc1nc(-c2c[nH]c3ccccc23)cs1. The zero-order valence-electron chi connectivity index (χ0n) is 16.5. The molecule has 0 atom stereocenters. The van der Waals surface area contributed by atoms with Crippen LogP contribution in [-0.2, 0) is 4.79 Å². The highest BCUT2D eigenvalue weighted by molar-refractivity contribution is 7.14. The number of rotatable bonds is 6. The number of carbonyl (C=O) groups excluding carboxylic acids is 2. The minimum Gasteiger partial charge on any atom is -0.483 e. The van der Waals surface area contributed by atoms with Crippen LogP contribution in [0.2, 0.25) is 0 Å². The molecule has 0 spiro atoms. The number of nitrogens with zero attached hydrogens (tertiary/aromatic N) is 2. The molecule has 8 heteroatoms. The lowest BCUT2D eigenvalue weighted by Crippen LogP contribution is -2.28. The van der Waals surface area contributed by atoms with Crippen molar-refractivity contribution < 1.29 is 14.3 Å². The zero-order chi connectivity index (χ0) is 21.1. The summed E-state index contributed by atoms with van der Waals surface area (Å²) >= 11 is 1.35. The van der Waals surface area contributed by atoms with Crippen LogP contribution < -0.4 is 10.1 Å². The summed E-state index contributed by atoms with van der Waals surface area (Å²) in [4.78, 5) is 33.8. The van der Waals surface area contributed by atoms with Gasteiger partial charge in [-0.25, -0.2) is 4.98 Å². The van der Waals surface area contributed by atoms with Gasteiger partial charge < -0.3 is 14.6 Å². The largest absolute Gasteiger partial charge is 0.483 e. The molecule has 2 N–H and O–H groups in total. The molecule has 0 aliphatic heterocycles. The Bertz CT molecular complexity index is 1210. The van der Waals surface area contributed by atoms with Crippen LogP contribution in [0.1, 0.15) is 10.4 Å². The van der Waals surface area contributed by atoms with Crippen molar-refractivity contribution in [3.8, 4) is 17.0 Å². The van der Waals surface area contributed by atoms with Gasteiger partial charge in [0, 0.05) is 42.1 Å². The minimum atomic E-state index is -0.345. The molecule has 30 heavy (non-hydrogen) atoms. The van der Waals surface area contributed by atoms with Crippen molar-refractivity contribution in [2.24, 2.45) is 0 Å². The number of carbonyl (C=O) groups is 2. The Labute approximate surface area is 177 Å². The van der Waals surface area contributed by atoms with Crippen LogP contribution in [0.5, 0.6) is 5.75 Å². The smallest absolute Gasteiger partial charge is 0.261 e. The van der Waals surface area contributed by atoms with Crippen molar-refractivity contribution in [1.29, 1.82) is 0 Å². The first kappa shape index (κ1) is 19.7. The lowest BCUT2D eigenvalue weighted by molar-refractivity contribution is -0.130. The predicted octanol–water partition coefficient (Wildman–Crippen LogP) is 4.01. The van der Waals surface area contributed by atoms with E-state index >= 15 is 0 Å². The number of H-pyrrole nitrogens is 1. The van der Waals surface area contributed by atoms with Crippen LogP contribution in [-0.4, -0.2) is 47.4 Å². The van der Waals surface area contributed by atoms with E-state index in [1.165, 1.54) is 16.2 Å². The van der Waals surface area contributed by atoms with E-state index in [9.17, 15) is 9.59 Å². The lowest BCUT2D eigenvalue weighted by Gasteiger charge is -2.13. The number of para-hydroxylation sites is 2. The molecular weight excluding hydrogens is 400 g/mol. The maximum Gasteiger partial charge on any atom is 0.261 e. The van der Waals surface area contributed by atoms with Gasteiger partial charge in [0.2, 0.25) is 0 Å². The lowest BCUT2D eigenvalue weighted by atomic mass is 10.1. The third-order valence-electron chi connectivity index (χ3n) is 4.57. The van der Waals surface area contributed by atoms with E-state index in [2.05, 4.69) is 15.3 Å². The minimum absolute atomic E-state index is 0.140. The second kappa shape index (κ2) is 8.38. The van der Waals surface area contributed by atoms with E-state index in [-0.39, 0.29) is 18.4 Å². The van der Waals surface area contributed by atoms with Crippen molar-refractivity contribution in [3.63, 3.8) is 0 Å². The van der Waals surface area contributed by atoms with Crippen molar-refractivity contribution in [2.75, 3.05) is 26.0 Å². The van der Waals surface area contributed by atoms with Crippen molar-refractivity contribution >= 4 is 39.2 Å². The van der Waals surface area contributed by atoms with Gasteiger partial charge in [0.15, 0.2) is 11.7 Å². The van der Waals surface area contributed by atoms with E-state index in [0.717, 1.165) is 22.2 Å². The van der Waals surface area contributed by atoms with E-state index in [1.807, 2.05) is 35.8 Å². The Morgan fingerprint density at radius 1 is 1.13 bits per heavy atom. The first-order valence-electron chi connectivity index (χ1n) is 9.28. The average Bonchev–Trinajstić information content (AvgIpc) is 3.38. The summed E-state index contributed by atoms with van der Waals surface area (Å²) in [5.74, 6) is -0.185. The maximum absolute atomic E-state index is 12.8. The summed E-state index contributed by atoms with van der Waals surface area (Å²) in [6, 6.07) is 14.8. The Hall–Kier alpha value is -3.65. The number of hydrogen-bond donors (Lipinski definition) is 2. The van der Waals surface area contributed by atoms with Gasteiger partial charge in [-0.1, -0.05) is 30.3 Å². The van der Waals surface area contributed by atoms with E-state index in [0.29, 0.717) is 16.4 Å². The molecule has 2 aromatic carbocycles. The normalized spacial score (nSPS) is 10.7. The number of hydrogen-bond acceptors (Lipinski definition) is 5. The number of fused-ring (bicyclic) bond motifs is 1. The van der Waals surface area contributed by atoms with Gasteiger partial charge in [-0.05, 0) is 18.2 Å². The van der Waals surface area contributed by atoms with Crippen LogP contribution >= 0.6 is 11.3 Å². The molecule has 0 unspecified atom stereocenters. The Kier molecular flexibility index (Phi) is 5.49. The molecule has 0 fully saturated rings. The third-order valence-corrected chi connectivity index (χ3v) is 5.33. The van der Waals surface area contributed by atoms with E-state index in [4.69, 9.17) is 4.74 Å². The van der Waals surface area contributed by atoms with Gasteiger partial charge >= 0.3 is 0 Å². The Morgan fingerprint density at radius 3 is 2.73 bits per heavy atom. The number of anilines is 1. The molecular formula is C22H20N4O3S. The maximum atomic E-state index is 12.8. The average molecular weight is 420 g/mol. The Balaban J connectivity index is 1.51. The first-order valence-corrected chi connectivity index (χ1v) is 10.2. The fourth-order valence-corrected chi connectivity index (χ4v) is 3.66. The molecule has 4 aromatic rings. The number of nitrogens with one attached hydrogen (secondary N) is 2. The van der Waals surface area contributed by atoms with Crippen LogP contribution in [0.25, 0.3) is 22.2 Å². The molecule has 0 aliphatic carbocycles. The number of amides is 2. The third kappa shape index (κ3) is 4.04. The standard InChI is InChI=1S/C22H20N4O3S/c1-26(2)20(27)12-29-19-10-6-4-8-15(19)21(28)25-22-24-18(13-30-22)16-11-23-17-9-5-3-7-14(16)17/h3-11,13,23H,12H2,1-2H3,(H,24,25,28). The van der Waals surface area contributed by atoms with E-state index in [1.54, 1.807) is 38.4 Å². The molecule has 152 valence electrons. The highest BCUT2D eigenvalue weighted by Gasteiger charge is 2.16. The summed E-state index contributed by atoms with van der Waals surface area (Å²) in [6.07, 6.45) is 1.91. The van der Waals surface area contributed by atoms with Crippen molar-refractivity contribution in [1.82, 2.24) is 14.9 Å². The monoisotopic (exact) mass is 420 g/mol. The molecule has 2 aromatic heterocycles. The number of aromatic nitrogens is 2. The van der Waals surface area contributed by atoms with Gasteiger partial charge in [-0.3, -0.25) is 14.9 Å². The molecule has 4 rings (SSSR count). The number of thiazole rings is 1. The van der Waals surface area contributed by atoms with Gasteiger partial charge in [-0.2, -0.15) is 0 Å². The summed E-state index contributed by atoms with van der Waals surface area (Å²) in [5, 5.41) is 6.29. The molecule has 0 bridgehead atoms. The zero-order valence-corrected chi connectivity index (χ0v) is 17.3. The van der Waals surface area contributed by atoms with Crippen LogP contribution in [0.3, 0.4) is 0 Å². The number of likely N-dealkylation sites (N-methyl/N-ethyl adjacent to an activating group) is 1. The molecule has 0 aliphatic rings. The van der Waals surface area contributed by atoms with Crippen molar-refractivity contribution in [3.05, 3.63) is 65.7 Å². The Morgan fingerprint density at radius 2 is 1.90 bits per heavy atom. The van der Waals surface area contributed by atoms with Gasteiger partial charge in [0.05, 0.1) is 11.3 Å². The predicted molar refractivity (Wildman–Crippen MR) is 118 cm³/mol. The summed E-state index contributed by atoms with van der Waals surface area (Å²) < 4.78 is 5.56. The second-order valence-electron chi connectivity index (χ2n) is 6.81. The van der Waals surface area contributed by atoms with Crippen LogP contribution in [0.4, 0.5) is 5.13 Å². The topological polar surface area (TPSA) is 87.3 Å². The molecule has 0 saturated heterocycles.